The van der Waals surface area contributed by atoms with E-state index in [2.05, 4.69) is 10.1 Å². The van der Waals surface area contributed by atoms with Gasteiger partial charge in [-0.15, -0.1) is 0 Å². The number of carbonyl (C=O) groups excluding carboxylic acids is 1. The number of aromatic nitrogens is 3. The molecule has 4 rings (SSSR count). The first kappa shape index (κ1) is 16.9. The molecule has 0 N–H and O–H groups in total. The molecular formula is C19H20N4O2S. The summed E-state index contributed by atoms with van der Waals surface area (Å²) < 4.78 is 8.05. The minimum atomic E-state index is -0.101. The lowest BCUT2D eigenvalue weighted by Gasteiger charge is -2.24. The molecule has 3 aromatic heterocycles. The summed E-state index contributed by atoms with van der Waals surface area (Å²) in [6, 6.07) is 7.85. The van der Waals surface area contributed by atoms with Crippen molar-refractivity contribution in [2.75, 3.05) is 6.54 Å². The van der Waals surface area contributed by atoms with Crippen LogP contribution in [0.1, 0.15) is 16.8 Å². The minimum Gasteiger partial charge on any atom is -0.370 e. The second kappa shape index (κ2) is 7.80. The summed E-state index contributed by atoms with van der Waals surface area (Å²) in [5.74, 6) is 0.121. The topological polar surface area (TPSA) is 60.2 Å². The van der Waals surface area contributed by atoms with E-state index in [1.807, 2.05) is 44.6 Å². The van der Waals surface area contributed by atoms with Gasteiger partial charge in [-0.25, -0.2) is 0 Å². The van der Waals surface area contributed by atoms with Crippen molar-refractivity contribution in [2.24, 2.45) is 0 Å². The van der Waals surface area contributed by atoms with Crippen LogP contribution in [0.5, 0.6) is 0 Å². The number of amides is 1. The summed E-state index contributed by atoms with van der Waals surface area (Å²) in [6.07, 6.45) is 5.62. The highest BCUT2D eigenvalue weighted by atomic mass is 32.1. The number of carbonyl (C=O) groups is 1. The fourth-order valence-electron chi connectivity index (χ4n) is 3.08. The Bertz CT molecular complexity index is 848. The monoisotopic (exact) mass is 368 g/mol. The van der Waals surface area contributed by atoms with Gasteiger partial charge in [0, 0.05) is 25.1 Å². The number of nitrogens with zero attached hydrogens (tertiary/aromatic N) is 4. The highest BCUT2D eigenvalue weighted by Crippen LogP contribution is 2.17. The van der Waals surface area contributed by atoms with Crippen LogP contribution in [0, 0.1) is 0 Å². The summed E-state index contributed by atoms with van der Waals surface area (Å²) in [5, 5.41) is 8.41. The van der Waals surface area contributed by atoms with Crippen molar-refractivity contribution in [3.05, 3.63) is 70.4 Å². The Kier molecular flexibility index (Phi) is 5.08. The van der Waals surface area contributed by atoms with Crippen LogP contribution in [0.2, 0.25) is 0 Å². The summed E-state index contributed by atoms with van der Waals surface area (Å²) in [5.41, 5.74) is 3.17. The first-order chi connectivity index (χ1) is 12.8. The summed E-state index contributed by atoms with van der Waals surface area (Å²) in [6.45, 7) is 2.28. The lowest BCUT2D eigenvalue weighted by molar-refractivity contribution is -0.133. The number of hydrogen-bond acceptors (Lipinski definition) is 5. The van der Waals surface area contributed by atoms with Gasteiger partial charge < -0.3 is 9.64 Å². The van der Waals surface area contributed by atoms with Crippen molar-refractivity contribution in [1.29, 1.82) is 0 Å². The molecule has 0 unspecified atom stereocenters. The highest BCUT2D eigenvalue weighted by molar-refractivity contribution is 7.08. The van der Waals surface area contributed by atoms with Gasteiger partial charge in [0.25, 0.3) is 0 Å². The van der Waals surface area contributed by atoms with Gasteiger partial charge in [-0.05, 0) is 46.2 Å². The van der Waals surface area contributed by atoms with Crippen molar-refractivity contribution < 1.29 is 9.53 Å². The number of pyridine rings is 1. The van der Waals surface area contributed by atoms with E-state index in [1.54, 1.807) is 29.9 Å². The van der Waals surface area contributed by atoms with E-state index >= 15 is 0 Å². The van der Waals surface area contributed by atoms with Crippen molar-refractivity contribution in [3.8, 4) is 0 Å². The van der Waals surface area contributed by atoms with E-state index in [0.717, 1.165) is 16.8 Å². The largest absolute Gasteiger partial charge is 0.370 e. The fraction of sp³-hybridized carbons (Fsp3) is 0.316. The van der Waals surface area contributed by atoms with Gasteiger partial charge in [0.1, 0.15) is 0 Å². The van der Waals surface area contributed by atoms with Crippen LogP contribution in [-0.2, 0) is 35.6 Å². The molecule has 0 aliphatic carbocycles. The average Bonchev–Trinajstić information content (AvgIpc) is 3.29. The van der Waals surface area contributed by atoms with E-state index in [1.165, 1.54) is 0 Å². The number of ether oxygens (including phenoxy) is 1. The lowest BCUT2D eigenvalue weighted by Crippen LogP contribution is -2.38. The van der Waals surface area contributed by atoms with Crippen LogP contribution in [0.25, 0.3) is 0 Å². The smallest absolute Gasteiger partial charge is 0.227 e. The molecule has 0 bridgehead atoms. The van der Waals surface area contributed by atoms with Crippen LogP contribution in [0.3, 0.4) is 0 Å². The van der Waals surface area contributed by atoms with E-state index in [0.29, 0.717) is 32.7 Å². The van der Waals surface area contributed by atoms with Gasteiger partial charge in [-0.3, -0.25) is 14.5 Å². The molecule has 0 saturated carbocycles. The number of hydrogen-bond donors (Lipinski definition) is 0. The standard InChI is InChI=1S/C19H20N4O2S/c24-19(9-16-4-8-26-14-16)22-10-17-3-7-21-23(17)12-18(11-22)25-13-15-1-5-20-6-2-15/h1-8,14,18H,9-13H2/t18-/m1/s1. The summed E-state index contributed by atoms with van der Waals surface area (Å²) in [4.78, 5) is 18.7. The van der Waals surface area contributed by atoms with Crippen LogP contribution < -0.4 is 0 Å². The first-order valence-corrected chi connectivity index (χ1v) is 9.52. The fourth-order valence-corrected chi connectivity index (χ4v) is 3.75. The molecule has 0 saturated heterocycles. The van der Waals surface area contributed by atoms with Crippen LogP contribution in [0.15, 0.2) is 53.6 Å². The number of fused-ring (bicyclic) bond motifs is 1. The van der Waals surface area contributed by atoms with Crippen molar-refractivity contribution in [2.45, 2.75) is 32.2 Å². The molecule has 6 nitrogen and oxygen atoms in total. The Morgan fingerprint density at radius 3 is 2.85 bits per heavy atom. The van der Waals surface area contributed by atoms with E-state index in [9.17, 15) is 4.79 Å². The molecule has 1 amide bonds. The van der Waals surface area contributed by atoms with Crippen LogP contribution in [0.4, 0.5) is 0 Å². The molecule has 0 radical (unpaired) electrons. The van der Waals surface area contributed by atoms with Crippen LogP contribution in [-0.4, -0.2) is 38.2 Å². The molecule has 4 heterocycles. The second-order valence-electron chi connectivity index (χ2n) is 6.38. The van der Waals surface area contributed by atoms with Crippen molar-refractivity contribution in [3.63, 3.8) is 0 Å². The predicted molar refractivity (Wildman–Crippen MR) is 98.5 cm³/mol. The maximum Gasteiger partial charge on any atom is 0.227 e. The Balaban J connectivity index is 1.47. The molecule has 26 heavy (non-hydrogen) atoms. The van der Waals surface area contributed by atoms with Gasteiger partial charge in [-0.1, -0.05) is 0 Å². The maximum absolute atomic E-state index is 12.8. The third-order valence-electron chi connectivity index (χ3n) is 4.48. The van der Waals surface area contributed by atoms with E-state index in [4.69, 9.17) is 4.74 Å². The zero-order chi connectivity index (χ0) is 17.8. The molecule has 0 aromatic carbocycles. The molecule has 3 aromatic rings. The minimum absolute atomic E-state index is 0.101. The zero-order valence-corrected chi connectivity index (χ0v) is 15.1. The maximum atomic E-state index is 12.8. The molecule has 7 heteroatoms. The molecular weight excluding hydrogens is 348 g/mol. The predicted octanol–water partition coefficient (Wildman–Crippen LogP) is 2.51. The van der Waals surface area contributed by atoms with Gasteiger partial charge in [0.05, 0.1) is 37.9 Å². The summed E-state index contributed by atoms with van der Waals surface area (Å²) >= 11 is 1.61. The quantitative estimate of drug-likeness (QED) is 0.694. The van der Waals surface area contributed by atoms with Gasteiger partial charge in [0.15, 0.2) is 0 Å². The first-order valence-electron chi connectivity index (χ1n) is 8.58. The zero-order valence-electron chi connectivity index (χ0n) is 14.3. The number of thiophene rings is 1. The molecule has 0 spiro atoms. The van der Waals surface area contributed by atoms with Gasteiger partial charge in [-0.2, -0.15) is 16.4 Å². The SMILES string of the molecule is O=C(Cc1ccsc1)N1Cc2ccnn2C[C@H](OCc2ccncc2)C1. The molecule has 0 fully saturated rings. The molecule has 1 aliphatic heterocycles. The third-order valence-corrected chi connectivity index (χ3v) is 5.21. The van der Waals surface area contributed by atoms with Gasteiger partial charge in [0.2, 0.25) is 5.91 Å². The van der Waals surface area contributed by atoms with Crippen LogP contribution >= 0.6 is 11.3 Å². The van der Waals surface area contributed by atoms with Crippen molar-refractivity contribution in [1.82, 2.24) is 19.7 Å². The average molecular weight is 368 g/mol. The highest BCUT2D eigenvalue weighted by Gasteiger charge is 2.26. The molecule has 1 aliphatic rings. The normalized spacial score (nSPS) is 16.9. The Morgan fingerprint density at radius 1 is 1.15 bits per heavy atom. The third kappa shape index (κ3) is 4.00. The molecule has 134 valence electrons. The Morgan fingerprint density at radius 2 is 2.04 bits per heavy atom. The van der Waals surface area contributed by atoms with Crippen molar-refractivity contribution >= 4 is 17.2 Å². The second-order valence-corrected chi connectivity index (χ2v) is 7.16. The molecule has 1 atom stereocenters. The summed E-state index contributed by atoms with van der Waals surface area (Å²) in [7, 11) is 0. The van der Waals surface area contributed by atoms with Gasteiger partial charge >= 0.3 is 0 Å². The Hall–Kier alpha value is -2.51. The number of rotatable bonds is 5. The van der Waals surface area contributed by atoms with E-state index in [-0.39, 0.29) is 12.0 Å². The lowest BCUT2D eigenvalue weighted by atomic mass is 10.2. The van der Waals surface area contributed by atoms with E-state index < -0.39 is 0 Å². The Labute approximate surface area is 156 Å².